The lowest BCUT2D eigenvalue weighted by Gasteiger charge is -2.14. The van der Waals surface area contributed by atoms with Gasteiger partial charge in [0.05, 0.1) is 33.8 Å². The Bertz CT molecular complexity index is 4190. The molecule has 0 aliphatic heterocycles. The van der Waals surface area contributed by atoms with Gasteiger partial charge in [0.15, 0.2) is 0 Å². The van der Waals surface area contributed by atoms with Crippen LogP contribution < -0.4 is 43.4 Å². The van der Waals surface area contributed by atoms with Crippen molar-refractivity contribution in [2.45, 2.75) is 0 Å². The molecule has 27 heteroatoms. The normalized spacial score (nSPS) is 10.6. The molecule has 0 bridgehead atoms. The van der Waals surface area contributed by atoms with Crippen LogP contribution >= 0.6 is 82.6 Å². The molecule has 456 valence electrons. The van der Waals surface area contributed by atoms with E-state index in [-0.39, 0.29) is 34.3 Å². The number of nitrogens with zero attached hydrogens (tertiary/aromatic N) is 5. The minimum Gasteiger partial charge on any atom is -0.384 e. The van der Waals surface area contributed by atoms with Gasteiger partial charge in [-0.25, -0.2) is 15.0 Å². The number of nitrogens with two attached hydrogens (primary N) is 2. The number of amides is 6. The van der Waals surface area contributed by atoms with E-state index in [2.05, 4.69) is 99.6 Å². The zero-order valence-electron chi connectivity index (χ0n) is 47.4. The Balaban J connectivity index is 0.000000192. The number of nitrogen functional groups attached to an aromatic ring is 1. The predicted molar refractivity (Wildman–Crippen MR) is 365 cm³/mol. The molecule has 0 fully saturated rings. The Labute approximate surface area is 555 Å². The summed E-state index contributed by atoms with van der Waals surface area (Å²) in [4.78, 5) is 94.1. The van der Waals surface area contributed by atoms with Crippen LogP contribution in [0.5, 0.6) is 0 Å². The summed E-state index contributed by atoms with van der Waals surface area (Å²) in [5.74, 6) is -0.853. The Morgan fingerprint density at radius 3 is 0.967 bits per heavy atom. The number of anilines is 6. The van der Waals surface area contributed by atoms with Crippen LogP contribution in [0.15, 0.2) is 201 Å². The van der Waals surface area contributed by atoms with E-state index in [1.54, 1.807) is 190 Å². The molecule has 90 heavy (non-hydrogen) atoms. The van der Waals surface area contributed by atoms with E-state index in [0.29, 0.717) is 94.6 Å². The van der Waals surface area contributed by atoms with Gasteiger partial charge in [-0.15, -0.1) is 0 Å². The summed E-state index contributed by atoms with van der Waals surface area (Å²) in [5.41, 5.74) is 15.8. The summed E-state index contributed by atoms with van der Waals surface area (Å²) in [5, 5.41) is 32.7. The van der Waals surface area contributed by atoms with Crippen LogP contribution in [0.4, 0.5) is 34.5 Å². The van der Waals surface area contributed by atoms with Gasteiger partial charge in [-0.05, 0) is 175 Å². The molecule has 0 unspecified atom stereocenters. The van der Waals surface area contributed by atoms with Crippen LogP contribution in [-0.2, 0) is 0 Å². The van der Waals surface area contributed by atoms with Gasteiger partial charge in [-0.1, -0.05) is 71.2 Å². The van der Waals surface area contributed by atoms with Crippen molar-refractivity contribution < 1.29 is 28.8 Å². The number of nitrogens with one attached hydrogen (secondary N) is 8. The Hall–Kier alpha value is -9.69. The highest BCUT2D eigenvalue weighted by Crippen LogP contribution is 2.27. The molecule has 12 N–H and O–H groups in total. The third-order valence-electron chi connectivity index (χ3n) is 12.3. The number of benzene rings is 6. The fourth-order valence-electron chi connectivity index (χ4n) is 7.68. The first-order valence-electron chi connectivity index (χ1n) is 26.2. The monoisotopic (exact) mass is 1460 g/mol. The second-order valence-electron chi connectivity index (χ2n) is 18.9. The van der Waals surface area contributed by atoms with Crippen LogP contribution in [-0.4, -0.2) is 93.9 Å². The fourth-order valence-corrected chi connectivity index (χ4v) is 8.90. The zero-order chi connectivity index (χ0) is 65.2. The highest BCUT2D eigenvalue weighted by atomic mass is 79.9. The maximum absolute atomic E-state index is 12.8. The zero-order valence-corrected chi connectivity index (χ0v) is 54.5. The van der Waals surface area contributed by atoms with Gasteiger partial charge in [0, 0.05) is 102 Å². The first-order valence-corrected chi connectivity index (χ1v) is 29.7. The summed E-state index contributed by atoms with van der Waals surface area (Å²) >= 11 is 28.0. The van der Waals surface area contributed by atoms with Gasteiger partial charge in [0.1, 0.15) is 35.0 Å². The molecular weight excluding hydrogens is 1410 g/mol. The second-order valence-corrected chi connectivity index (χ2v) is 22.9. The fraction of sp³-hybridized carbons (Fsp3) is 0.0476. The number of pyridine rings is 3. The van der Waals surface area contributed by atoms with Crippen molar-refractivity contribution in [2.75, 3.05) is 53.0 Å². The van der Waals surface area contributed by atoms with Gasteiger partial charge in [-0.3, -0.25) is 44.6 Å². The van der Waals surface area contributed by atoms with Gasteiger partial charge in [0.25, 0.3) is 35.4 Å². The lowest BCUT2D eigenvalue weighted by molar-refractivity contribution is 0.101. The quantitative estimate of drug-likeness (QED) is 0.0338. The minimum atomic E-state index is -0.468. The molecule has 3 aromatic heterocycles. The summed E-state index contributed by atoms with van der Waals surface area (Å²) in [6, 6.07) is 43.6. The van der Waals surface area contributed by atoms with E-state index in [0.717, 1.165) is 13.4 Å². The molecule has 6 amide bonds. The van der Waals surface area contributed by atoms with Crippen molar-refractivity contribution in [1.29, 1.82) is 10.8 Å². The first-order chi connectivity index (χ1) is 42.9. The number of hydrogen-bond acceptors (Lipinski definition) is 12. The van der Waals surface area contributed by atoms with Crippen molar-refractivity contribution in [3.63, 3.8) is 0 Å². The summed E-state index contributed by atoms with van der Waals surface area (Å²) in [6.45, 7) is 0. The van der Waals surface area contributed by atoms with Crippen LogP contribution in [0.25, 0.3) is 0 Å². The number of halogens is 6. The van der Waals surface area contributed by atoms with Gasteiger partial charge in [-0.2, -0.15) is 0 Å². The lowest BCUT2D eigenvalue weighted by Crippen LogP contribution is -2.22. The molecule has 0 atom stereocenters. The van der Waals surface area contributed by atoms with Gasteiger partial charge < -0.3 is 48.3 Å². The van der Waals surface area contributed by atoms with E-state index in [1.165, 1.54) is 18.2 Å². The van der Waals surface area contributed by atoms with E-state index in [4.69, 9.17) is 57.1 Å². The number of amidine groups is 3. The molecule has 0 saturated carbocycles. The average Bonchev–Trinajstić information content (AvgIpc) is 2.66. The predicted octanol–water partition coefficient (Wildman–Crippen LogP) is 13.5. The van der Waals surface area contributed by atoms with Crippen LogP contribution in [0, 0.1) is 10.8 Å². The lowest BCUT2D eigenvalue weighted by atomic mass is 10.1. The number of hydrogen-bond donors (Lipinski definition) is 10. The van der Waals surface area contributed by atoms with E-state index in [9.17, 15) is 28.8 Å². The molecule has 6 aromatic carbocycles. The molecule has 3 heterocycles. The molecule has 9 aromatic rings. The smallest absolute Gasteiger partial charge is 0.258 e. The highest BCUT2D eigenvalue weighted by molar-refractivity contribution is 9.11. The third kappa shape index (κ3) is 19.4. The SMILES string of the molecule is CN(C)C(=N)c1ccc(C(=O)Nc2ccc(Cl)cc2C(=O)Nc2ccc(Br)cn2)cc1.CN=C(N)c1ccc(C(=O)Nc2ccc(Cl)cc2C(=O)Nc2ccc(Br)cn2)cc1.N=C(N)c1ccc(C(=O)Nc2ccc(Cl)cc2C(=O)Nc2ccc(Br)cn2)cc1. The Kier molecular flexibility index (Phi) is 24.1. The number of carbonyl (C=O) groups excluding carboxylic acids is 6. The highest BCUT2D eigenvalue weighted by Gasteiger charge is 2.20. The van der Waals surface area contributed by atoms with E-state index in [1.807, 2.05) is 0 Å². The maximum Gasteiger partial charge on any atom is 0.258 e. The van der Waals surface area contributed by atoms with Crippen molar-refractivity contribution >= 4 is 170 Å². The molecule has 0 spiro atoms. The first kappa shape index (κ1) is 67.8. The van der Waals surface area contributed by atoms with Crippen LogP contribution in [0.1, 0.15) is 78.8 Å². The average molecular weight is 1460 g/mol. The van der Waals surface area contributed by atoms with Gasteiger partial charge in [0.2, 0.25) is 0 Å². The van der Waals surface area contributed by atoms with Crippen molar-refractivity contribution in [2.24, 2.45) is 16.5 Å². The minimum absolute atomic E-state index is 0.0878. The molecule has 0 aliphatic carbocycles. The van der Waals surface area contributed by atoms with Crippen molar-refractivity contribution in [1.82, 2.24) is 19.9 Å². The van der Waals surface area contributed by atoms with Crippen molar-refractivity contribution in [3.8, 4) is 0 Å². The number of aromatic nitrogens is 3. The topological polar surface area (TPSA) is 329 Å². The Morgan fingerprint density at radius 1 is 0.411 bits per heavy atom. The summed E-state index contributed by atoms with van der Waals surface area (Å²) in [6.07, 6.45) is 4.69. The largest absolute Gasteiger partial charge is 0.384 e. The molecule has 9 rings (SSSR count). The summed E-state index contributed by atoms with van der Waals surface area (Å²) < 4.78 is 2.35. The van der Waals surface area contributed by atoms with Crippen LogP contribution in [0.2, 0.25) is 15.1 Å². The van der Waals surface area contributed by atoms with Crippen LogP contribution in [0.3, 0.4) is 0 Å². The summed E-state index contributed by atoms with van der Waals surface area (Å²) in [7, 11) is 5.15. The van der Waals surface area contributed by atoms with E-state index >= 15 is 0 Å². The molecule has 0 aliphatic rings. The Morgan fingerprint density at radius 2 is 0.700 bits per heavy atom. The molecular formula is C63H51Br3Cl3N15O6. The van der Waals surface area contributed by atoms with E-state index < -0.39 is 23.6 Å². The maximum atomic E-state index is 12.8. The number of carbonyl (C=O) groups is 6. The number of aliphatic imine (C=N–C) groups is 1. The molecule has 21 nitrogen and oxygen atoms in total. The third-order valence-corrected chi connectivity index (χ3v) is 14.5. The molecule has 0 radical (unpaired) electrons. The van der Waals surface area contributed by atoms with Crippen molar-refractivity contribution in [3.05, 3.63) is 261 Å². The standard InChI is InChI=1S/C22H19BrClN5O2.C21H17BrClN5O2.C20H15BrClN5O2/c1-29(2)20(25)13-3-5-14(6-4-13)21(30)27-18-9-8-16(24)11-17(18)22(31)28-19-10-7-15(23)12-26-19;1-25-19(24)12-2-4-13(5-3-12)20(29)27-17-8-7-15(23)10-16(17)21(30)28-18-9-6-14(22)11-26-18;21-13-5-8-17(25-10-13)27-20(29)15-9-14(22)6-7-16(15)26-19(28)12-3-1-11(2-4-12)18(23)24/h3-12,25H,1-2H3,(H,27,30)(H,26,28,31);2-11H,1H3,(H2,24,25)(H,27,29)(H,26,28,30);1-10H,(H3,23,24)(H,26,28)(H,25,27,29). The molecule has 0 saturated heterocycles. The van der Waals surface area contributed by atoms with Gasteiger partial charge >= 0.3 is 0 Å². The second kappa shape index (κ2) is 32.0. The number of rotatable bonds is 15.